The van der Waals surface area contributed by atoms with Gasteiger partial charge in [0, 0.05) is 7.05 Å². The van der Waals surface area contributed by atoms with Gasteiger partial charge in [0.2, 0.25) is 0 Å². The summed E-state index contributed by atoms with van der Waals surface area (Å²) in [6.45, 7) is 1.94. The van der Waals surface area contributed by atoms with Gasteiger partial charge in [0.05, 0.1) is 18.5 Å². The first-order valence-corrected chi connectivity index (χ1v) is 6.84. The maximum atomic E-state index is 14.5. The Morgan fingerprint density at radius 3 is 2.90 bits per heavy atom. The minimum atomic E-state index is -1.08. The van der Waals surface area contributed by atoms with E-state index in [4.69, 9.17) is 0 Å². The van der Waals surface area contributed by atoms with Crippen molar-refractivity contribution >= 4 is 17.0 Å². The predicted octanol–water partition coefficient (Wildman–Crippen LogP) is 1.54. The van der Waals surface area contributed by atoms with E-state index in [1.54, 1.807) is 17.9 Å². The number of anilines is 1. The SMILES string of the molecule is CCC1CC(O)C(n2cnc3c(NC)ncnc32)C1F. The van der Waals surface area contributed by atoms with E-state index in [0.717, 1.165) is 6.42 Å². The topological polar surface area (TPSA) is 75.9 Å². The molecule has 0 radical (unpaired) electrons. The number of nitrogens with zero attached hydrogens (tertiary/aromatic N) is 4. The molecule has 1 aliphatic carbocycles. The molecule has 0 spiro atoms. The average Bonchev–Trinajstić information content (AvgIpc) is 2.99. The highest BCUT2D eigenvalue weighted by Crippen LogP contribution is 2.40. The van der Waals surface area contributed by atoms with Gasteiger partial charge in [-0.2, -0.15) is 0 Å². The van der Waals surface area contributed by atoms with Crippen LogP contribution in [0.1, 0.15) is 25.8 Å². The molecule has 0 aromatic carbocycles. The minimum Gasteiger partial charge on any atom is -0.391 e. The van der Waals surface area contributed by atoms with Crippen LogP contribution < -0.4 is 5.32 Å². The number of nitrogens with one attached hydrogen (secondary N) is 1. The van der Waals surface area contributed by atoms with E-state index >= 15 is 0 Å². The van der Waals surface area contributed by atoms with Crippen LogP contribution in [0.15, 0.2) is 12.7 Å². The zero-order valence-corrected chi connectivity index (χ0v) is 11.5. The van der Waals surface area contributed by atoms with Crippen molar-refractivity contribution in [2.75, 3.05) is 12.4 Å². The minimum absolute atomic E-state index is 0.113. The highest BCUT2D eigenvalue weighted by molar-refractivity contribution is 5.82. The zero-order valence-electron chi connectivity index (χ0n) is 11.5. The lowest BCUT2D eigenvalue weighted by Crippen LogP contribution is -2.25. The Kier molecular flexibility index (Phi) is 3.29. The van der Waals surface area contributed by atoms with Crippen LogP contribution in [0.5, 0.6) is 0 Å². The highest BCUT2D eigenvalue weighted by atomic mass is 19.1. The average molecular weight is 279 g/mol. The molecule has 4 atom stereocenters. The number of alkyl halides is 1. The molecule has 1 aliphatic rings. The second-order valence-electron chi connectivity index (χ2n) is 5.20. The molecule has 0 saturated heterocycles. The van der Waals surface area contributed by atoms with E-state index in [-0.39, 0.29) is 5.92 Å². The molecule has 108 valence electrons. The fourth-order valence-electron chi connectivity index (χ4n) is 3.05. The van der Waals surface area contributed by atoms with Gasteiger partial charge >= 0.3 is 0 Å². The van der Waals surface area contributed by atoms with Gasteiger partial charge in [-0.3, -0.25) is 0 Å². The van der Waals surface area contributed by atoms with Gasteiger partial charge in [-0.15, -0.1) is 0 Å². The van der Waals surface area contributed by atoms with Crippen LogP contribution in [-0.2, 0) is 0 Å². The summed E-state index contributed by atoms with van der Waals surface area (Å²) >= 11 is 0. The molecule has 7 heteroatoms. The Labute approximate surface area is 116 Å². The Bertz CT molecular complexity index is 616. The summed E-state index contributed by atoms with van der Waals surface area (Å²) in [4.78, 5) is 12.5. The maximum absolute atomic E-state index is 14.5. The monoisotopic (exact) mass is 279 g/mol. The van der Waals surface area contributed by atoms with Crippen LogP contribution in [0.2, 0.25) is 0 Å². The van der Waals surface area contributed by atoms with Gasteiger partial charge in [-0.25, -0.2) is 19.3 Å². The molecule has 1 fully saturated rings. The molecule has 2 N–H and O–H groups in total. The molecular weight excluding hydrogens is 261 g/mol. The first kappa shape index (κ1) is 13.2. The smallest absolute Gasteiger partial charge is 0.165 e. The lowest BCUT2D eigenvalue weighted by molar-refractivity contribution is 0.111. The van der Waals surface area contributed by atoms with Crippen molar-refractivity contribution in [3.8, 4) is 0 Å². The van der Waals surface area contributed by atoms with Crippen LogP contribution in [0.4, 0.5) is 10.2 Å². The molecule has 1 saturated carbocycles. The van der Waals surface area contributed by atoms with Crippen LogP contribution >= 0.6 is 0 Å². The quantitative estimate of drug-likeness (QED) is 0.891. The number of aliphatic hydroxyl groups is 1. The molecule has 0 aliphatic heterocycles. The summed E-state index contributed by atoms with van der Waals surface area (Å²) in [6, 6.07) is -0.621. The Balaban J connectivity index is 2.07. The molecule has 0 amide bonds. The van der Waals surface area contributed by atoms with E-state index in [1.807, 2.05) is 6.92 Å². The fourth-order valence-corrected chi connectivity index (χ4v) is 3.05. The van der Waals surface area contributed by atoms with Crippen molar-refractivity contribution < 1.29 is 9.50 Å². The van der Waals surface area contributed by atoms with Crippen molar-refractivity contribution in [1.82, 2.24) is 19.5 Å². The normalized spacial score (nSPS) is 30.0. The molecule has 6 nitrogen and oxygen atoms in total. The fraction of sp³-hybridized carbons (Fsp3) is 0.615. The first-order valence-electron chi connectivity index (χ1n) is 6.84. The predicted molar refractivity (Wildman–Crippen MR) is 73.2 cm³/mol. The third kappa shape index (κ3) is 1.84. The summed E-state index contributed by atoms with van der Waals surface area (Å²) in [7, 11) is 1.75. The van der Waals surface area contributed by atoms with E-state index in [2.05, 4.69) is 20.3 Å². The molecule has 2 heterocycles. The summed E-state index contributed by atoms with van der Waals surface area (Å²) in [5, 5.41) is 13.1. The van der Waals surface area contributed by atoms with Crippen LogP contribution in [0.3, 0.4) is 0 Å². The number of hydrogen-bond donors (Lipinski definition) is 2. The van der Waals surface area contributed by atoms with Crippen LogP contribution in [0.25, 0.3) is 11.2 Å². The van der Waals surface area contributed by atoms with E-state index in [1.165, 1.54) is 6.33 Å². The van der Waals surface area contributed by atoms with Gasteiger partial charge in [-0.1, -0.05) is 13.3 Å². The Hall–Kier alpha value is -1.76. The van der Waals surface area contributed by atoms with E-state index in [9.17, 15) is 9.50 Å². The van der Waals surface area contributed by atoms with Gasteiger partial charge in [0.1, 0.15) is 18.0 Å². The van der Waals surface area contributed by atoms with Crippen LogP contribution in [0, 0.1) is 5.92 Å². The number of hydrogen-bond acceptors (Lipinski definition) is 5. The van der Waals surface area contributed by atoms with Crippen molar-refractivity contribution in [2.24, 2.45) is 5.92 Å². The number of halogens is 1. The molecule has 0 bridgehead atoms. The molecule has 2 aromatic heterocycles. The summed E-state index contributed by atoms with van der Waals surface area (Å²) in [5.41, 5.74) is 1.14. The van der Waals surface area contributed by atoms with Crippen molar-refractivity contribution in [2.45, 2.75) is 38.1 Å². The third-order valence-electron chi connectivity index (χ3n) is 4.16. The van der Waals surface area contributed by atoms with E-state index in [0.29, 0.717) is 23.4 Å². The summed E-state index contributed by atoms with van der Waals surface area (Å²) < 4.78 is 16.2. The molecule has 2 aromatic rings. The van der Waals surface area contributed by atoms with Crippen molar-refractivity contribution in [3.05, 3.63) is 12.7 Å². The number of fused-ring (bicyclic) bond motifs is 1. The Morgan fingerprint density at radius 1 is 1.45 bits per heavy atom. The molecule has 3 rings (SSSR count). The molecular formula is C13H18FN5O. The lowest BCUT2D eigenvalue weighted by Gasteiger charge is -2.20. The molecule has 20 heavy (non-hydrogen) atoms. The van der Waals surface area contributed by atoms with Crippen LogP contribution in [-0.4, -0.2) is 43.9 Å². The Morgan fingerprint density at radius 2 is 2.25 bits per heavy atom. The number of aliphatic hydroxyl groups excluding tert-OH is 1. The number of rotatable bonds is 3. The lowest BCUT2D eigenvalue weighted by atomic mass is 10.0. The summed E-state index contributed by atoms with van der Waals surface area (Å²) in [5.74, 6) is 0.488. The standard InChI is InChI=1S/C13H18FN5O/c1-3-7-4-8(20)11(9(7)14)19-6-18-10-12(15-2)16-5-17-13(10)19/h5-9,11,20H,3-4H2,1-2H3,(H,15,16,17). The zero-order chi connectivity index (χ0) is 14.3. The maximum Gasteiger partial charge on any atom is 0.165 e. The highest BCUT2D eigenvalue weighted by Gasteiger charge is 2.43. The van der Waals surface area contributed by atoms with Crippen molar-refractivity contribution in [3.63, 3.8) is 0 Å². The van der Waals surface area contributed by atoms with Gasteiger partial charge < -0.3 is 15.0 Å². The number of aromatic nitrogens is 4. The largest absolute Gasteiger partial charge is 0.391 e. The number of imidazole rings is 1. The molecule has 4 unspecified atom stereocenters. The van der Waals surface area contributed by atoms with E-state index < -0.39 is 18.3 Å². The third-order valence-corrected chi connectivity index (χ3v) is 4.16. The van der Waals surface area contributed by atoms with Gasteiger partial charge in [0.25, 0.3) is 0 Å². The van der Waals surface area contributed by atoms with Crippen molar-refractivity contribution in [1.29, 1.82) is 0 Å². The second-order valence-corrected chi connectivity index (χ2v) is 5.20. The van der Waals surface area contributed by atoms with Gasteiger partial charge in [0.15, 0.2) is 11.5 Å². The van der Waals surface area contributed by atoms with Gasteiger partial charge in [-0.05, 0) is 12.3 Å². The second kappa shape index (κ2) is 4.97. The summed E-state index contributed by atoms with van der Waals surface area (Å²) in [6.07, 6.45) is 2.36. The first-order chi connectivity index (χ1) is 9.67.